The van der Waals surface area contributed by atoms with Crippen LogP contribution in [-0.2, 0) is 9.59 Å². The highest BCUT2D eigenvalue weighted by Gasteiger charge is 2.37. The van der Waals surface area contributed by atoms with Gasteiger partial charge < -0.3 is 9.30 Å². The van der Waals surface area contributed by atoms with Gasteiger partial charge in [-0.2, -0.15) is 0 Å². The van der Waals surface area contributed by atoms with E-state index in [9.17, 15) is 14.4 Å². The second-order valence-corrected chi connectivity index (χ2v) is 7.18. The van der Waals surface area contributed by atoms with Crippen molar-refractivity contribution in [3.63, 3.8) is 0 Å². The highest BCUT2D eigenvalue weighted by Crippen LogP contribution is 2.26. The van der Waals surface area contributed by atoms with Crippen molar-refractivity contribution >= 4 is 29.6 Å². The van der Waals surface area contributed by atoms with Gasteiger partial charge in [0.15, 0.2) is 0 Å². The number of methoxy groups -OCH3 is 1. The number of nitrogens with zero attached hydrogens (tertiary/aromatic N) is 2. The van der Waals surface area contributed by atoms with E-state index in [0.717, 1.165) is 27.6 Å². The maximum atomic E-state index is 13.2. The van der Waals surface area contributed by atoms with Crippen LogP contribution in [0.5, 0.6) is 5.75 Å². The summed E-state index contributed by atoms with van der Waals surface area (Å²) >= 11 is 0. The van der Waals surface area contributed by atoms with Gasteiger partial charge in [0.2, 0.25) is 0 Å². The van der Waals surface area contributed by atoms with Crippen molar-refractivity contribution in [2.24, 2.45) is 0 Å². The fourth-order valence-corrected chi connectivity index (χ4v) is 3.59. The van der Waals surface area contributed by atoms with E-state index < -0.39 is 17.8 Å². The number of barbiturate groups is 1. The first-order valence-corrected chi connectivity index (χ1v) is 9.70. The van der Waals surface area contributed by atoms with Crippen molar-refractivity contribution in [2.45, 2.75) is 13.8 Å². The van der Waals surface area contributed by atoms with E-state index in [1.165, 1.54) is 6.08 Å². The molecule has 1 N–H and O–H groups in total. The summed E-state index contributed by atoms with van der Waals surface area (Å²) in [6.45, 7) is 3.73. The normalized spacial score (nSPS) is 15.4. The van der Waals surface area contributed by atoms with Crippen molar-refractivity contribution in [1.29, 1.82) is 0 Å². The molecule has 0 unspecified atom stereocenters. The summed E-state index contributed by atoms with van der Waals surface area (Å²) in [6.07, 6.45) is 1.51. The Morgan fingerprint density at radius 1 is 0.903 bits per heavy atom. The lowest BCUT2D eigenvalue weighted by molar-refractivity contribution is -0.122. The SMILES string of the molecule is COc1ccc(-n2c(C)ccc2/C=C2\C(=O)NC(=O)N(c3ccccc3C)C2=O)cc1. The zero-order valence-electron chi connectivity index (χ0n) is 17.4. The fourth-order valence-electron chi connectivity index (χ4n) is 3.59. The van der Waals surface area contributed by atoms with Gasteiger partial charge in [0.1, 0.15) is 11.3 Å². The Kier molecular flexibility index (Phi) is 5.17. The molecular formula is C24H21N3O4. The third kappa shape index (κ3) is 3.61. The van der Waals surface area contributed by atoms with Gasteiger partial charge in [-0.15, -0.1) is 0 Å². The van der Waals surface area contributed by atoms with E-state index in [4.69, 9.17) is 4.74 Å². The van der Waals surface area contributed by atoms with Gasteiger partial charge >= 0.3 is 6.03 Å². The molecule has 156 valence electrons. The van der Waals surface area contributed by atoms with Crippen LogP contribution in [0.4, 0.5) is 10.5 Å². The molecule has 1 aromatic heterocycles. The number of amides is 4. The standard InChI is InChI=1S/C24H21N3O4/c1-15-6-4-5-7-21(15)27-23(29)20(22(28)25-24(27)30)14-18-9-8-16(2)26(18)17-10-12-19(31-3)13-11-17/h4-14H,1-3H3,(H,25,28,30)/b20-14+. The molecule has 2 heterocycles. The van der Waals surface area contributed by atoms with Gasteiger partial charge in [-0.3, -0.25) is 14.9 Å². The largest absolute Gasteiger partial charge is 0.497 e. The molecule has 2 aromatic carbocycles. The highest BCUT2D eigenvalue weighted by molar-refractivity contribution is 6.39. The number of urea groups is 1. The number of nitrogens with one attached hydrogen (secondary N) is 1. The van der Waals surface area contributed by atoms with E-state index in [-0.39, 0.29) is 5.57 Å². The van der Waals surface area contributed by atoms with Crippen molar-refractivity contribution in [3.05, 3.63) is 83.2 Å². The second-order valence-electron chi connectivity index (χ2n) is 7.18. The first-order chi connectivity index (χ1) is 14.9. The van der Waals surface area contributed by atoms with Crippen LogP contribution >= 0.6 is 0 Å². The van der Waals surface area contributed by atoms with E-state index in [0.29, 0.717) is 11.4 Å². The summed E-state index contributed by atoms with van der Waals surface area (Å²) in [7, 11) is 1.60. The van der Waals surface area contributed by atoms with Crippen LogP contribution in [0.3, 0.4) is 0 Å². The lowest BCUT2D eigenvalue weighted by atomic mass is 10.1. The number of para-hydroxylation sites is 1. The third-order valence-corrected chi connectivity index (χ3v) is 5.19. The van der Waals surface area contributed by atoms with Gasteiger partial charge in [-0.1, -0.05) is 18.2 Å². The monoisotopic (exact) mass is 415 g/mol. The number of hydrogen-bond donors (Lipinski definition) is 1. The molecule has 7 nitrogen and oxygen atoms in total. The fraction of sp³-hybridized carbons (Fsp3) is 0.125. The number of aryl methyl sites for hydroxylation is 2. The molecule has 3 aromatic rings. The Bertz CT molecular complexity index is 1220. The Balaban J connectivity index is 1.78. The minimum Gasteiger partial charge on any atom is -0.497 e. The van der Waals surface area contributed by atoms with Crippen molar-refractivity contribution in [2.75, 3.05) is 12.0 Å². The minimum absolute atomic E-state index is 0.115. The van der Waals surface area contributed by atoms with Crippen molar-refractivity contribution < 1.29 is 19.1 Å². The van der Waals surface area contributed by atoms with Gasteiger partial charge in [-0.05, 0) is 68.0 Å². The van der Waals surface area contributed by atoms with E-state index in [1.807, 2.05) is 54.0 Å². The minimum atomic E-state index is -0.761. The molecule has 1 fully saturated rings. The number of ether oxygens (including phenoxy) is 1. The first-order valence-electron chi connectivity index (χ1n) is 9.70. The topological polar surface area (TPSA) is 80.6 Å². The average molecular weight is 415 g/mol. The summed E-state index contributed by atoms with van der Waals surface area (Å²) in [6, 6.07) is 17.4. The molecule has 1 saturated heterocycles. The number of anilines is 1. The smallest absolute Gasteiger partial charge is 0.335 e. The number of rotatable bonds is 4. The first kappa shape index (κ1) is 20.2. The predicted molar refractivity (Wildman–Crippen MR) is 117 cm³/mol. The molecule has 0 spiro atoms. The summed E-state index contributed by atoms with van der Waals surface area (Å²) < 4.78 is 7.13. The number of aromatic nitrogens is 1. The molecule has 0 aliphatic carbocycles. The van der Waals surface area contributed by atoms with Gasteiger partial charge in [0.25, 0.3) is 11.8 Å². The van der Waals surface area contributed by atoms with Crippen LogP contribution in [0.25, 0.3) is 11.8 Å². The quantitative estimate of drug-likeness (QED) is 0.520. The van der Waals surface area contributed by atoms with Crippen LogP contribution in [0, 0.1) is 13.8 Å². The molecule has 4 amide bonds. The Morgan fingerprint density at radius 2 is 1.61 bits per heavy atom. The zero-order chi connectivity index (χ0) is 22.1. The third-order valence-electron chi connectivity index (χ3n) is 5.19. The number of carbonyl (C=O) groups excluding carboxylic acids is 3. The molecule has 1 aliphatic heterocycles. The van der Waals surface area contributed by atoms with E-state index >= 15 is 0 Å². The second kappa shape index (κ2) is 7.95. The molecule has 0 radical (unpaired) electrons. The zero-order valence-corrected chi connectivity index (χ0v) is 17.4. The highest BCUT2D eigenvalue weighted by atomic mass is 16.5. The Hall–Kier alpha value is -4.13. The van der Waals surface area contributed by atoms with Crippen molar-refractivity contribution in [1.82, 2.24) is 9.88 Å². The van der Waals surface area contributed by atoms with Crippen LogP contribution in [0.2, 0.25) is 0 Å². The molecule has 31 heavy (non-hydrogen) atoms. The van der Waals surface area contributed by atoms with Crippen LogP contribution in [-0.4, -0.2) is 29.5 Å². The Labute approximate surface area is 179 Å². The molecule has 0 atom stereocenters. The molecule has 7 heteroatoms. The predicted octanol–water partition coefficient (Wildman–Crippen LogP) is 3.77. The van der Waals surface area contributed by atoms with Crippen LogP contribution < -0.4 is 15.0 Å². The van der Waals surface area contributed by atoms with E-state index in [2.05, 4.69) is 5.32 Å². The molecule has 1 aliphatic rings. The summed E-state index contributed by atoms with van der Waals surface area (Å²) in [4.78, 5) is 39.2. The lowest BCUT2D eigenvalue weighted by Crippen LogP contribution is -2.54. The molecule has 0 saturated carbocycles. The van der Waals surface area contributed by atoms with Crippen molar-refractivity contribution in [3.8, 4) is 11.4 Å². The maximum absolute atomic E-state index is 13.2. The van der Waals surface area contributed by atoms with Gasteiger partial charge in [0, 0.05) is 17.1 Å². The van der Waals surface area contributed by atoms with E-state index in [1.54, 1.807) is 32.2 Å². The average Bonchev–Trinajstić information content (AvgIpc) is 3.12. The number of imide groups is 2. The number of hydrogen-bond acceptors (Lipinski definition) is 4. The van der Waals surface area contributed by atoms with Gasteiger partial charge in [0.05, 0.1) is 12.8 Å². The number of carbonyl (C=O) groups is 3. The number of benzene rings is 2. The summed E-state index contributed by atoms with van der Waals surface area (Å²) in [5.74, 6) is -0.661. The van der Waals surface area contributed by atoms with Gasteiger partial charge in [-0.25, -0.2) is 9.69 Å². The molecule has 0 bridgehead atoms. The lowest BCUT2D eigenvalue weighted by Gasteiger charge is -2.27. The maximum Gasteiger partial charge on any atom is 0.335 e. The Morgan fingerprint density at radius 3 is 2.29 bits per heavy atom. The molecular weight excluding hydrogens is 394 g/mol. The van der Waals surface area contributed by atoms with Crippen LogP contribution in [0.1, 0.15) is 17.0 Å². The summed E-state index contributed by atoms with van der Waals surface area (Å²) in [5, 5.41) is 2.27. The summed E-state index contributed by atoms with van der Waals surface area (Å²) in [5.41, 5.74) is 3.48. The van der Waals surface area contributed by atoms with Crippen LogP contribution in [0.15, 0.2) is 66.2 Å². The molecule has 4 rings (SSSR count).